The number of rotatable bonds is 6. The normalized spacial score (nSPS) is 14.6. The molecule has 46 heavy (non-hydrogen) atoms. The SMILES string of the molecule is CC(C)(C)c1ccc2c(c1)-c1cc(C(C)(C)C)c[c]([Zr]([C]3=CC=CC3)=[C](C(C)(C)c3ccccc3)C(C)(C)c3ccccc3)c1C2. The molecule has 4 aromatic carbocycles. The van der Waals surface area contributed by atoms with Gasteiger partial charge in [0.05, 0.1) is 0 Å². The van der Waals surface area contributed by atoms with Crippen LogP contribution in [0.3, 0.4) is 0 Å². The molecule has 0 spiro atoms. The minimum atomic E-state index is -2.84. The van der Waals surface area contributed by atoms with Gasteiger partial charge in [-0.1, -0.05) is 0 Å². The molecule has 0 saturated carbocycles. The molecule has 0 bridgehead atoms. The van der Waals surface area contributed by atoms with Crippen LogP contribution >= 0.6 is 0 Å². The first-order valence-electron chi connectivity index (χ1n) is 17.1. The fraction of sp³-hybridized carbons (Fsp3) is 0.356. The summed E-state index contributed by atoms with van der Waals surface area (Å²) in [6.07, 6.45) is 9.34. The van der Waals surface area contributed by atoms with Gasteiger partial charge in [-0.2, -0.15) is 0 Å². The summed E-state index contributed by atoms with van der Waals surface area (Å²) < 4.78 is 5.15. The number of hydrogen-bond acceptors (Lipinski definition) is 0. The van der Waals surface area contributed by atoms with Crippen molar-refractivity contribution in [3.63, 3.8) is 0 Å². The van der Waals surface area contributed by atoms with Crippen molar-refractivity contribution in [3.8, 4) is 11.1 Å². The first-order valence-corrected chi connectivity index (χ1v) is 20.8. The summed E-state index contributed by atoms with van der Waals surface area (Å²) in [4.78, 5) is 0. The second-order valence-electron chi connectivity index (χ2n) is 16.7. The fourth-order valence-corrected chi connectivity index (χ4v) is 17.5. The molecule has 0 atom stereocenters. The van der Waals surface area contributed by atoms with Gasteiger partial charge in [0.25, 0.3) is 0 Å². The van der Waals surface area contributed by atoms with Gasteiger partial charge in [-0.05, 0) is 0 Å². The Morgan fingerprint density at radius 1 is 0.565 bits per heavy atom. The topological polar surface area (TPSA) is 0 Å². The summed E-state index contributed by atoms with van der Waals surface area (Å²) in [5.41, 5.74) is 11.7. The third kappa shape index (κ3) is 5.99. The fourth-order valence-electron chi connectivity index (χ4n) is 7.90. The maximum atomic E-state index is 2.69. The van der Waals surface area contributed by atoms with E-state index in [1.165, 1.54) is 38.9 Å². The van der Waals surface area contributed by atoms with Crippen LogP contribution in [0, 0.1) is 0 Å². The molecule has 1 heteroatoms. The number of hydrogen-bond donors (Lipinski definition) is 0. The molecule has 0 heterocycles. The Labute approximate surface area is 286 Å². The monoisotopic (exact) mass is 682 g/mol. The molecule has 0 radical (unpaired) electrons. The van der Waals surface area contributed by atoms with Gasteiger partial charge in [0.1, 0.15) is 0 Å². The second-order valence-corrected chi connectivity index (χ2v) is 22.6. The van der Waals surface area contributed by atoms with Crippen molar-refractivity contribution in [2.24, 2.45) is 0 Å². The first kappa shape index (κ1) is 33.0. The molecule has 0 aromatic heterocycles. The van der Waals surface area contributed by atoms with Crippen LogP contribution in [0.4, 0.5) is 0 Å². The van der Waals surface area contributed by atoms with Gasteiger partial charge in [0.15, 0.2) is 0 Å². The van der Waals surface area contributed by atoms with Gasteiger partial charge < -0.3 is 0 Å². The summed E-state index contributed by atoms with van der Waals surface area (Å²) in [6, 6.07) is 35.3. The average molecular weight is 684 g/mol. The van der Waals surface area contributed by atoms with Crippen molar-refractivity contribution >= 4 is 6.48 Å². The summed E-state index contributed by atoms with van der Waals surface area (Å²) in [7, 11) is 0. The van der Waals surface area contributed by atoms with Crippen LogP contribution in [0.2, 0.25) is 0 Å². The predicted octanol–water partition coefficient (Wildman–Crippen LogP) is 11.1. The first-order chi connectivity index (χ1) is 21.6. The van der Waals surface area contributed by atoms with Gasteiger partial charge in [-0.25, -0.2) is 0 Å². The molecule has 6 rings (SSSR count). The van der Waals surface area contributed by atoms with Crippen LogP contribution in [0.25, 0.3) is 11.1 Å². The van der Waals surface area contributed by atoms with Crippen LogP contribution in [0.5, 0.6) is 0 Å². The van der Waals surface area contributed by atoms with Crippen molar-refractivity contribution in [1.82, 2.24) is 0 Å². The van der Waals surface area contributed by atoms with Crippen molar-refractivity contribution in [2.75, 3.05) is 0 Å². The third-order valence-corrected chi connectivity index (χ3v) is 19.8. The summed E-state index contributed by atoms with van der Waals surface area (Å²) in [5.74, 6) is 0. The summed E-state index contributed by atoms with van der Waals surface area (Å²) >= 11 is -2.84. The molecule has 2 aliphatic rings. The third-order valence-electron chi connectivity index (χ3n) is 10.6. The van der Waals surface area contributed by atoms with Crippen molar-refractivity contribution < 1.29 is 21.3 Å². The summed E-state index contributed by atoms with van der Waals surface area (Å²) in [6.45, 7) is 24.3. The van der Waals surface area contributed by atoms with Crippen molar-refractivity contribution in [1.29, 1.82) is 0 Å². The van der Waals surface area contributed by atoms with Crippen molar-refractivity contribution in [2.45, 2.75) is 104 Å². The Morgan fingerprint density at radius 2 is 1.11 bits per heavy atom. The predicted molar refractivity (Wildman–Crippen MR) is 198 cm³/mol. The Kier molecular flexibility index (Phi) is 8.60. The second kappa shape index (κ2) is 12.0. The molecule has 0 nitrogen and oxygen atoms in total. The molecule has 0 fully saturated rings. The van der Waals surface area contributed by atoms with Gasteiger partial charge >= 0.3 is 288 Å². The van der Waals surface area contributed by atoms with Gasteiger partial charge in [0, 0.05) is 0 Å². The zero-order chi connectivity index (χ0) is 33.1. The number of benzene rings is 4. The molecule has 0 saturated heterocycles. The molecular weight excluding hydrogens is 632 g/mol. The van der Waals surface area contributed by atoms with Crippen LogP contribution in [0.1, 0.15) is 109 Å². The Hall–Kier alpha value is -2.89. The molecular formula is C45H52Zr. The standard InChI is InChI=1S/C21H25.C19H22.C5H5.Zr/c1-20(2,3)16-9-7-14-11-15-8-10-17(21(4,5)6)13-19(15)18(14)12-16;1-18(2,16-11-7-5-8-12-16)15-19(3,4)17-13-9-6-10-14-17;1-2-4-5-3-1;/h7,9-10,12-13H,11H2,1-6H3;5-14H,1-4H3;1-3H,4H2;. The van der Waals surface area contributed by atoms with Crippen LogP contribution in [-0.2, 0) is 49.3 Å². The average Bonchev–Trinajstić information content (AvgIpc) is 3.67. The molecule has 2 aliphatic carbocycles. The van der Waals surface area contributed by atoms with Crippen LogP contribution < -0.4 is 3.27 Å². The number of fused-ring (bicyclic) bond motifs is 3. The van der Waals surface area contributed by atoms with E-state index >= 15 is 0 Å². The van der Waals surface area contributed by atoms with Crippen LogP contribution in [-0.4, -0.2) is 3.21 Å². The molecule has 0 amide bonds. The zero-order valence-corrected chi connectivity index (χ0v) is 32.3. The van der Waals surface area contributed by atoms with E-state index in [4.69, 9.17) is 0 Å². The zero-order valence-electron chi connectivity index (χ0n) is 29.8. The molecule has 0 unspecified atom stereocenters. The minimum absolute atomic E-state index is 0.0504. The molecule has 0 aliphatic heterocycles. The van der Waals surface area contributed by atoms with Gasteiger partial charge in [0.2, 0.25) is 0 Å². The van der Waals surface area contributed by atoms with Crippen molar-refractivity contribution in [3.05, 3.63) is 146 Å². The van der Waals surface area contributed by atoms with E-state index in [1.54, 1.807) is 15.3 Å². The maximum absolute atomic E-state index is 2.84. The Bertz CT molecular complexity index is 1810. The molecule has 4 aromatic rings. The Morgan fingerprint density at radius 3 is 1.61 bits per heavy atom. The number of allylic oxidation sites excluding steroid dienone is 4. The van der Waals surface area contributed by atoms with E-state index in [1.807, 2.05) is 0 Å². The molecule has 236 valence electrons. The van der Waals surface area contributed by atoms with E-state index in [2.05, 4.69) is 178 Å². The van der Waals surface area contributed by atoms with E-state index in [0.717, 1.165) is 12.8 Å². The quantitative estimate of drug-likeness (QED) is 0.167. The van der Waals surface area contributed by atoms with Gasteiger partial charge in [-0.3, -0.25) is 0 Å². The van der Waals surface area contributed by atoms with Gasteiger partial charge in [-0.15, -0.1) is 0 Å². The molecule has 0 N–H and O–H groups in total. The van der Waals surface area contributed by atoms with E-state index in [0.29, 0.717) is 0 Å². The van der Waals surface area contributed by atoms with Crippen LogP contribution in [0.15, 0.2) is 113 Å². The Balaban J connectivity index is 1.76. The summed E-state index contributed by atoms with van der Waals surface area (Å²) in [5, 5.41) is 0. The van der Waals surface area contributed by atoms with E-state index < -0.39 is 21.3 Å². The van der Waals surface area contributed by atoms with E-state index in [9.17, 15) is 0 Å². The van der Waals surface area contributed by atoms with E-state index in [-0.39, 0.29) is 21.7 Å².